The Morgan fingerprint density at radius 1 is 1.26 bits per heavy atom. The van der Waals surface area contributed by atoms with Gasteiger partial charge in [-0.05, 0) is 43.0 Å². The van der Waals surface area contributed by atoms with E-state index in [1.54, 1.807) is 7.11 Å². The zero-order valence-corrected chi connectivity index (χ0v) is 14.4. The molecule has 1 N–H and O–H groups in total. The highest BCUT2D eigenvalue weighted by molar-refractivity contribution is 7.13. The standard InChI is InChI=1S/C18H22N2O2S/c1-12-5-3-4-6-15(12)19-17(21)16-11-23-18(20-16)13-7-9-14(22-2)10-8-13/h7-12,15H,3-6H2,1-2H3,(H,19,21)/t12-,15+/m1/s1. The Morgan fingerprint density at radius 2 is 2.00 bits per heavy atom. The van der Waals surface area contributed by atoms with Gasteiger partial charge in [-0.1, -0.05) is 19.8 Å². The van der Waals surface area contributed by atoms with Crippen molar-refractivity contribution in [2.45, 2.75) is 38.6 Å². The summed E-state index contributed by atoms with van der Waals surface area (Å²) in [6, 6.07) is 8.01. The molecule has 0 aliphatic heterocycles. The van der Waals surface area contributed by atoms with Crippen LogP contribution in [0.2, 0.25) is 0 Å². The van der Waals surface area contributed by atoms with Crippen LogP contribution in [0, 0.1) is 5.92 Å². The summed E-state index contributed by atoms with van der Waals surface area (Å²) >= 11 is 1.49. The lowest BCUT2D eigenvalue weighted by atomic mass is 9.86. The Morgan fingerprint density at radius 3 is 2.70 bits per heavy atom. The molecule has 1 fully saturated rings. The van der Waals surface area contributed by atoms with Gasteiger partial charge in [0.15, 0.2) is 0 Å². The lowest BCUT2D eigenvalue weighted by Gasteiger charge is -2.29. The van der Waals surface area contributed by atoms with Crippen molar-refractivity contribution in [3.05, 3.63) is 35.3 Å². The number of amides is 1. The zero-order chi connectivity index (χ0) is 16.2. The molecule has 1 aliphatic carbocycles. The number of hydrogen-bond donors (Lipinski definition) is 1. The quantitative estimate of drug-likeness (QED) is 0.917. The van der Waals surface area contributed by atoms with Crippen molar-refractivity contribution in [2.75, 3.05) is 7.11 Å². The van der Waals surface area contributed by atoms with E-state index in [2.05, 4.69) is 17.2 Å². The minimum absolute atomic E-state index is 0.0558. The molecule has 3 rings (SSSR count). The number of aromatic nitrogens is 1. The number of carbonyl (C=O) groups is 1. The molecule has 1 heterocycles. The number of thiazole rings is 1. The Bertz CT molecular complexity index is 666. The highest BCUT2D eigenvalue weighted by atomic mass is 32.1. The molecule has 2 atom stereocenters. The van der Waals surface area contributed by atoms with Crippen LogP contribution in [-0.2, 0) is 0 Å². The first-order valence-corrected chi connectivity index (χ1v) is 8.96. The van der Waals surface area contributed by atoms with Crippen LogP contribution in [0.1, 0.15) is 43.1 Å². The summed E-state index contributed by atoms with van der Waals surface area (Å²) in [5, 5.41) is 5.84. The van der Waals surface area contributed by atoms with Crippen molar-refractivity contribution < 1.29 is 9.53 Å². The highest BCUT2D eigenvalue weighted by Gasteiger charge is 2.24. The normalized spacial score (nSPS) is 21.0. The molecule has 4 nitrogen and oxygen atoms in total. The second-order valence-electron chi connectivity index (χ2n) is 6.11. The summed E-state index contributed by atoms with van der Waals surface area (Å²) in [6.45, 7) is 2.22. The van der Waals surface area contributed by atoms with E-state index in [0.717, 1.165) is 22.7 Å². The fourth-order valence-corrected chi connectivity index (χ4v) is 3.82. The van der Waals surface area contributed by atoms with Gasteiger partial charge in [0.1, 0.15) is 16.5 Å². The molecule has 2 aromatic rings. The molecule has 1 amide bonds. The molecule has 0 spiro atoms. The molecule has 5 heteroatoms. The van der Waals surface area contributed by atoms with E-state index in [9.17, 15) is 4.79 Å². The predicted octanol–water partition coefficient (Wildman–Crippen LogP) is 4.13. The molecular weight excluding hydrogens is 308 g/mol. The smallest absolute Gasteiger partial charge is 0.271 e. The third kappa shape index (κ3) is 3.72. The number of methoxy groups -OCH3 is 1. The SMILES string of the molecule is COc1ccc(-c2nc(C(=O)N[C@H]3CCCC[C@H]3C)cs2)cc1. The Hall–Kier alpha value is -1.88. The second kappa shape index (κ2) is 7.13. The summed E-state index contributed by atoms with van der Waals surface area (Å²) in [6.07, 6.45) is 4.73. The van der Waals surface area contributed by atoms with Crippen LogP contribution < -0.4 is 10.1 Å². The van der Waals surface area contributed by atoms with E-state index in [1.165, 1.54) is 30.6 Å². The van der Waals surface area contributed by atoms with Gasteiger partial charge >= 0.3 is 0 Å². The molecule has 1 aromatic carbocycles. The van der Waals surface area contributed by atoms with Crippen LogP contribution in [0.25, 0.3) is 10.6 Å². The maximum atomic E-state index is 12.4. The molecule has 1 aliphatic rings. The van der Waals surface area contributed by atoms with E-state index in [-0.39, 0.29) is 11.9 Å². The first kappa shape index (κ1) is 16.0. The Labute approximate surface area is 140 Å². The van der Waals surface area contributed by atoms with Crippen LogP contribution in [0.3, 0.4) is 0 Å². The summed E-state index contributed by atoms with van der Waals surface area (Å²) in [5.41, 5.74) is 1.51. The maximum Gasteiger partial charge on any atom is 0.271 e. The molecule has 0 bridgehead atoms. The monoisotopic (exact) mass is 330 g/mol. The van der Waals surface area contributed by atoms with Gasteiger partial charge in [-0.3, -0.25) is 4.79 Å². The summed E-state index contributed by atoms with van der Waals surface area (Å²) in [4.78, 5) is 16.9. The van der Waals surface area contributed by atoms with Crippen molar-refractivity contribution >= 4 is 17.2 Å². The molecule has 23 heavy (non-hydrogen) atoms. The summed E-state index contributed by atoms with van der Waals surface area (Å²) in [5.74, 6) is 1.31. The topological polar surface area (TPSA) is 51.2 Å². The lowest BCUT2D eigenvalue weighted by Crippen LogP contribution is -2.41. The average molecular weight is 330 g/mol. The lowest BCUT2D eigenvalue weighted by molar-refractivity contribution is 0.0906. The van der Waals surface area contributed by atoms with Crippen LogP contribution in [0.5, 0.6) is 5.75 Å². The third-order valence-electron chi connectivity index (χ3n) is 4.50. The van der Waals surface area contributed by atoms with E-state index in [0.29, 0.717) is 11.6 Å². The van der Waals surface area contributed by atoms with Gasteiger partial charge in [-0.15, -0.1) is 11.3 Å². The summed E-state index contributed by atoms with van der Waals surface area (Å²) in [7, 11) is 1.65. The minimum atomic E-state index is -0.0558. The van der Waals surface area contributed by atoms with Gasteiger partial charge in [0.2, 0.25) is 0 Å². The number of rotatable bonds is 4. The summed E-state index contributed by atoms with van der Waals surface area (Å²) < 4.78 is 5.16. The van der Waals surface area contributed by atoms with Gasteiger partial charge in [-0.25, -0.2) is 4.98 Å². The van der Waals surface area contributed by atoms with Crippen LogP contribution in [-0.4, -0.2) is 24.0 Å². The number of nitrogens with one attached hydrogen (secondary N) is 1. The molecule has 1 aromatic heterocycles. The fourth-order valence-electron chi connectivity index (χ4n) is 3.02. The Kier molecular flexibility index (Phi) is 4.96. The van der Waals surface area contributed by atoms with Gasteiger partial charge in [0, 0.05) is 17.0 Å². The van der Waals surface area contributed by atoms with Gasteiger partial charge < -0.3 is 10.1 Å². The van der Waals surface area contributed by atoms with E-state index in [1.807, 2.05) is 29.6 Å². The van der Waals surface area contributed by atoms with E-state index >= 15 is 0 Å². The first-order chi connectivity index (χ1) is 11.2. The van der Waals surface area contributed by atoms with Gasteiger partial charge in [0.05, 0.1) is 7.11 Å². The number of nitrogens with zero attached hydrogens (tertiary/aromatic N) is 1. The predicted molar refractivity (Wildman–Crippen MR) is 93.0 cm³/mol. The number of benzene rings is 1. The number of hydrogen-bond acceptors (Lipinski definition) is 4. The minimum Gasteiger partial charge on any atom is -0.497 e. The van der Waals surface area contributed by atoms with Crippen LogP contribution >= 0.6 is 11.3 Å². The molecular formula is C18H22N2O2S. The van der Waals surface area contributed by atoms with Gasteiger partial charge in [0.25, 0.3) is 5.91 Å². The molecule has 0 radical (unpaired) electrons. The fraction of sp³-hybridized carbons (Fsp3) is 0.444. The van der Waals surface area contributed by atoms with Crippen LogP contribution in [0.4, 0.5) is 0 Å². The molecule has 0 saturated heterocycles. The van der Waals surface area contributed by atoms with Crippen molar-refractivity contribution in [1.82, 2.24) is 10.3 Å². The van der Waals surface area contributed by atoms with Crippen molar-refractivity contribution in [3.8, 4) is 16.3 Å². The van der Waals surface area contributed by atoms with Crippen molar-refractivity contribution in [1.29, 1.82) is 0 Å². The molecule has 1 saturated carbocycles. The molecule has 0 unspecified atom stereocenters. The largest absolute Gasteiger partial charge is 0.497 e. The van der Waals surface area contributed by atoms with E-state index in [4.69, 9.17) is 4.74 Å². The second-order valence-corrected chi connectivity index (χ2v) is 6.97. The number of carbonyl (C=O) groups excluding carboxylic acids is 1. The van der Waals surface area contributed by atoms with Crippen molar-refractivity contribution in [3.63, 3.8) is 0 Å². The average Bonchev–Trinajstić information content (AvgIpc) is 3.07. The highest BCUT2D eigenvalue weighted by Crippen LogP contribution is 2.27. The maximum absolute atomic E-state index is 12.4. The third-order valence-corrected chi connectivity index (χ3v) is 5.39. The van der Waals surface area contributed by atoms with Gasteiger partial charge in [-0.2, -0.15) is 0 Å². The first-order valence-electron chi connectivity index (χ1n) is 8.08. The Balaban J connectivity index is 1.69. The number of ether oxygens (including phenoxy) is 1. The molecule has 122 valence electrons. The zero-order valence-electron chi connectivity index (χ0n) is 13.5. The van der Waals surface area contributed by atoms with Crippen molar-refractivity contribution in [2.24, 2.45) is 5.92 Å². The van der Waals surface area contributed by atoms with Crippen LogP contribution in [0.15, 0.2) is 29.6 Å². The van der Waals surface area contributed by atoms with E-state index < -0.39 is 0 Å².